The van der Waals surface area contributed by atoms with Gasteiger partial charge in [0, 0.05) is 13.2 Å². The van der Waals surface area contributed by atoms with Crippen LogP contribution in [-0.4, -0.2) is 75.2 Å². The number of hydrogen-bond acceptors (Lipinski definition) is 6. The Morgan fingerprint density at radius 3 is 2.53 bits per heavy atom. The Kier molecular flexibility index (Phi) is 14.0. The first-order valence-corrected chi connectivity index (χ1v) is 6.93. The minimum absolute atomic E-state index is 0.0595. The van der Waals surface area contributed by atoms with E-state index in [9.17, 15) is 5.11 Å². The van der Waals surface area contributed by atoms with Crippen LogP contribution in [0.4, 0.5) is 0 Å². The molecule has 0 saturated heterocycles. The monoisotopic (exact) mass is 279 g/mol. The van der Waals surface area contributed by atoms with Crippen molar-refractivity contribution in [3.05, 3.63) is 0 Å². The minimum atomic E-state index is -0.502. The fourth-order valence-corrected chi connectivity index (χ4v) is 1.36. The van der Waals surface area contributed by atoms with Crippen molar-refractivity contribution in [2.24, 2.45) is 0 Å². The van der Waals surface area contributed by atoms with Crippen molar-refractivity contribution < 1.29 is 24.4 Å². The Morgan fingerprint density at radius 1 is 1.05 bits per heavy atom. The van der Waals surface area contributed by atoms with Gasteiger partial charge in [-0.1, -0.05) is 0 Å². The molecule has 1 atom stereocenters. The lowest BCUT2D eigenvalue weighted by atomic mass is 10.3. The SMILES string of the molecule is CC(C)OCCOCC(O)CNCCCOCCO. The summed E-state index contributed by atoms with van der Waals surface area (Å²) >= 11 is 0. The van der Waals surface area contributed by atoms with Crippen LogP contribution in [0.2, 0.25) is 0 Å². The third kappa shape index (κ3) is 15.7. The summed E-state index contributed by atoms with van der Waals surface area (Å²) in [5.74, 6) is 0. The van der Waals surface area contributed by atoms with Gasteiger partial charge >= 0.3 is 0 Å². The number of hydrogen-bond donors (Lipinski definition) is 3. The van der Waals surface area contributed by atoms with Crippen molar-refractivity contribution in [1.29, 1.82) is 0 Å². The van der Waals surface area contributed by atoms with Crippen molar-refractivity contribution in [1.82, 2.24) is 5.32 Å². The van der Waals surface area contributed by atoms with Crippen LogP contribution < -0.4 is 5.32 Å². The molecule has 0 aliphatic carbocycles. The van der Waals surface area contributed by atoms with E-state index in [-0.39, 0.29) is 12.7 Å². The van der Waals surface area contributed by atoms with E-state index in [1.54, 1.807) is 0 Å². The highest BCUT2D eigenvalue weighted by atomic mass is 16.5. The Morgan fingerprint density at radius 2 is 1.84 bits per heavy atom. The maximum Gasteiger partial charge on any atom is 0.0897 e. The molecule has 0 bridgehead atoms. The van der Waals surface area contributed by atoms with Gasteiger partial charge in [0.2, 0.25) is 0 Å². The number of aliphatic hydroxyl groups is 2. The molecule has 0 saturated carbocycles. The normalized spacial score (nSPS) is 13.1. The number of nitrogens with one attached hydrogen (secondary N) is 1. The van der Waals surface area contributed by atoms with Crippen LogP contribution in [0, 0.1) is 0 Å². The van der Waals surface area contributed by atoms with E-state index in [4.69, 9.17) is 19.3 Å². The summed E-state index contributed by atoms with van der Waals surface area (Å²) in [6.45, 7) is 7.67. The smallest absolute Gasteiger partial charge is 0.0897 e. The molecule has 6 heteroatoms. The maximum atomic E-state index is 9.61. The maximum absolute atomic E-state index is 9.61. The van der Waals surface area contributed by atoms with E-state index in [1.807, 2.05) is 13.8 Å². The fraction of sp³-hybridized carbons (Fsp3) is 1.00. The summed E-state index contributed by atoms with van der Waals surface area (Å²) in [5, 5.41) is 21.2. The van der Waals surface area contributed by atoms with Crippen LogP contribution in [0.15, 0.2) is 0 Å². The molecule has 19 heavy (non-hydrogen) atoms. The van der Waals surface area contributed by atoms with Crippen LogP contribution >= 0.6 is 0 Å². The third-order valence-electron chi connectivity index (χ3n) is 2.25. The molecule has 0 aliphatic heterocycles. The van der Waals surface area contributed by atoms with Crippen molar-refractivity contribution >= 4 is 0 Å². The van der Waals surface area contributed by atoms with E-state index >= 15 is 0 Å². The highest BCUT2D eigenvalue weighted by Crippen LogP contribution is 1.89. The third-order valence-corrected chi connectivity index (χ3v) is 2.25. The molecule has 0 aromatic heterocycles. The average Bonchev–Trinajstić information content (AvgIpc) is 2.37. The lowest BCUT2D eigenvalue weighted by Gasteiger charge is -2.13. The molecule has 116 valence electrons. The van der Waals surface area contributed by atoms with Crippen molar-refractivity contribution in [3.63, 3.8) is 0 Å². The second-order valence-corrected chi connectivity index (χ2v) is 4.54. The van der Waals surface area contributed by atoms with Gasteiger partial charge in [0.1, 0.15) is 0 Å². The van der Waals surface area contributed by atoms with E-state index < -0.39 is 6.10 Å². The zero-order valence-corrected chi connectivity index (χ0v) is 12.1. The lowest BCUT2D eigenvalue weighted by Crippen LogP contribution is -2.31. The zero-order valence-electron chi connectivity index (χ0n) is 12.1. The molecule has 0 amide bonds. The first-order chi connectivity index (χ1) is 9.16. The highest BCUT2D eigenvalue weighted by molar-refractivity contribution is 4.58. The van der Waals surface area contributed by atoms with Crippen LogP contribution in [-0.2, 0) is 14.2 Å². The first-order valence-electron chi connectivity index (χ1n) is 6.93. The Bertz CT molecular complexity index is 180. The second-order valence-electron chi connectivity index (χ2n) is 4.54. The van der Waals surface area contributed by atoms with Crippen LogP contribution in [0.25, 0.3) is 0 Å². The fourth-order valence-electron chi connectivity index (χ4n) is 1.36. The van der Waals surface area contributed by atoms with Crippen LogP contribution in [0.3, 0.4) is 0 Å². The minimum Gasteiger partial charge on any atom is -0.394 e. The number of rotatable bonds is 14. The molecular formula is C13H29NO5. The molecule has 0 aromatic rings. The van der Waals surface area contributed by atoms with Gasteiger partial charge in [0.15, 0.2) is 0 Å². The number of aliphatic hydroxyl groups excluding tert-OH is 2. The standard InChI is InChI=1S/C13H29NO5/c1-12(2)19-9-8-18-11-13(16)10-14-4-3-6-17-7-5-15/h12-16H,3-11H2,1-2H3. The summed E-state index contributed by atoms with van der Waals surface area (Å²) in [5.41, 5.74) is 0. The van der Waals surface area contributed by atoms with Crippen LogP contribution in [0.1, 0.15) is 20.3 Å². The van der Waals surface area contributed by atoms with Gasteiger partial charge in [-0.25, -0.2) is 0 Å². The van der Waals surface area contributed by atoms with Gasteiger partial charge in [-0.3, -0.25) is 0 Å². The summed E-state index contributed by atoms with van der Waals surface area (Å²) in [6.07, 6.45) is 0.566. The zero-order chi connectivity index (χ0) is 14.3. The molecule has 1 unspecified atom stereocenters. The van der Waals surface area contributed by atoms with Crippen molar-refractivity contribution in [3.8, 4) is 0 Å². The predicted molar refractivity (Wildman–Crippen MR) is 73.3 cm³/mol. The van der Waals surface area contributed by atoms with Gasteiger partial charge in [-0.2, -0.15) is 0 Å². The first kappa shape index (κ1) is 18.8. The van der Waals surface area contributed by atoms with Gasteiger partial charge < -0.3 is 29.7 Å². The summed E-state index contributed by atoms with van der Waals surface area (Å²) < 4.78 is 15.7. The molecule has 0 fully saturated rings. The van der Waals surface area contributed by atoms with Gasteiger partial charge in [0.25, 0.3) is 0 Å². The van der Waals surface area contributed by atoms with Gasteiger partial charge in [-0.05, 0) is 26.8 Å². The predicted octanol–water partition coefficient (Wildman–Crippen LogP) is -0.222. The summed E-state index contributed by atoms with van der Waals surface area (Å²) in [4.78, 5) is 0. The molecule has 3 N–H and O–H groups in total. The summed E-state index contributed by atoms with van der Waals surface area (Å²) in [6, 6.07) is 0. The second kappa shape index (κ2) is 14.2. The number of ether oxygens (including phenoxy) is 3. The van der Waals surface area contributed by atoms with E-state index in [0.717, 1.165) is 13.0 Å². The largest absolute Gasteiger partial charge is 0.394 e. The van der Waals surface area contributed by atoms with Gasteiger partial charge in [-0.15, -0.1) is 0 Å². The topological polar surface area (TPSA) is 80.2 Å². The lowest BCUT2D eigenvalue weighted by molar-refractivity contribution is -0.0100. The van der Waals surface area contributed by atoms with E-state index in [2.05, 4.69) is 5.32 Å². The molecule has 0 radical (unpaired) electrons. The van der Waals surface area contributed by atoms with Crippen molar-refractivity contribution in [2.45, 2.75) is 32.5 Å². The Balaban J connectivity index is 3.14. The molecular weight excluding hydrogens is 250 g/mol. The average molecular weight is 279 g/mol. The molecule has 0 heterocycles. The molecule has 6 nitrogen and oxygen atoms in total. The van der Waals surface area contributed by atoms with Crippen LogP contribution in [0.5, 0.6) is 0 Å². The van der Waals surface area contributed by atoms with E-state index in [1.165, 1.54) is 0 Å². The van der Waals surface area contributed by atoms with Gasteiger partial charge in [0.05, 0.1) is 45.2 Å². The van der Waals surface area contributed by atoms with E-state index in [0.29, 0.717) is 39.6 Å². The highest BCUT2D eigenvalue weighted by Gasteiger charge is 2.03. The molecule has 0 aromatic carbocycles. The molecule has 0 aliphatic rings. The quantitative estimate of drug-likeness (QED) is 0.381. The summed E-state index contributed by atoms with van der Waals surface area (Å²) in [7, 11) is 0. The Hall–Kier alpha value is -0.240. The van der Waals surface area contributed by atoms with Crippen molar-refractivity contribution in [2.75, 3.05) is 52.7 Å². The Labute approximate surface area is 116 Å². The molecule has 0 rings (SSSR count). The molecule has 0 spiro atoms.